The molecule has 0 amide bonds. The van der Waals surface area contributed by atoms with Gasteiger partial charge in [-0.05, 0) is 56.0 Å². The third-order valence-corrected chi connectivity index (χ3v) is 3.57. The highest BCUT2D eigenvalue weighted by Crippen LogP contribution is 2.33. The van der Waals surface area contributed by atoms with Crippen LogP contribution in [0.3, 0.4) is 0 Å². The SMILES string of the molecule is CNC(CC(C)N)c1cc(C(C)C)c(OC)cc1C. The second kappa shape index (κ2) is 6.92. The maximum absolute atomic E-state index is 5.95. The van der Waals surface area contributed by atoms with Crippen LogP contribution in [0.25, 0.3) is 0 Å². The smallest absolute Gasteiger partial charge is 0.122 e. The van der Waals surface area contributed by atoms with Crippen LogP contribution in [-0.4, -0.2) is 20.2 Å². The number of ether oxygens (including phenoxy) is 1. The van der Waals surface area contributed by atoms with E-state index in [2.05, 4.69) is 38.2 Å². The average molecular weight is 264 g/mol. The predicted molar refractivity (Wildman–Crippen MR) is 81.9 cm³/mol. The van der Waals surface area contributed by atoms with Gasteiger partial charge in [-0.25, -0.2) is 0 Å². The van der Waals surface area contributed by atoms with Gasteiger partial charge in [0.1, 0.15) is 5.75 Å². The molecule has 1 aromatic carbocycles. The van der Waals surface area contributed by atoms with Crippen LogP contribution >= 0.6 is 0 Å². The van der Waals surface area contributed by atoms with Crippen molar-refractivity contribution in [1.29, 1.82) is 0 Å². The third-order valence-electron chi connectivity index (χ3n) is 3.57. The summed E-state index contributed by atoms with van der Waals surface area (Å²) < 4.78 is 5.49. The van der Waals surface area contributed by atoms with Gasteiger partial charge in [0, 0.05) is 12.1 Å². The lowest BCUT2D eigenvalue weighted by molar-refractivity contribution is 0.406. The number of benzene rings is 1. The fourth-order valence-corrected chi connectivity index (χ4v) is 2.49. The molecule has 0 aromatic heterocycles. The zero-order valence-electron chi connectivity index (χ0n) is 13.1. The highest BCUT2D eigenvalue weighted by Gasteiger charge is 2.18. The Bertz CT molecular complexity index is 413. The van der Waals surface area contributed by atoms with Crippen LogP contribution in [0.1, 0.15) is 55.8 Å². The van der Waals surface area contributed by atoms with Crippen molar-refractivity contribution < 1.29 is 4.74 Å². The van der Waals surface area contributed by atoms with Gasteiger partial charge in [-0.3, -0.25) is 0 Å². The molecule has 3 nitrogen and oxygen atoms in total. The van der Waals surface area contributed by atoms with Gasteiger partial charge in [-0.15, -0.1) is 0 Å². The van der Waals surface area contributed by atoms with Gasteiger partial charge < -0.3 is 15.8 Å². The van der Waals surface area contributed by atoms with Crippen LogP contribution in [0, 0.1) is 6.92 Å². The Labute approximate surface area is 117 Å². The van der Waals surface area contributed by atoms with E-state index in [-0.39, 0.29) is 6.04 Å². The van der Waals surface area contributed by atoms with Crippen molar-refractivity contribution in [1.82, 2.24) is 5.32 Å². The standard InChI is InChI=1S/C16H28N2O/c1-10(2)13-9-14(11(3)7-16(13)19-6)15(18-5)8-12(4)17/h7,9-10,12,15,18H,8,17H2,1-6H3. The molecule has 0 aliphatic heterocycles. The molecule has 108 valence electrons. The maximum atomic E-state index is 5.95. The molecule has 0 saturated carbocycles. The first kappa shape index (κ1) is 16.0. The van der Waals surface area contributed by atoms with Gasteiger partial charge in [0.2, 0.25) is 0 Å². The number of hydrogen-bond acceptors (Lipinski definition) is 3. The second-order valence-electron chi connectivity index (χ2n) is 5.66. The van der Waals surface area contributed by atoms with Crippen LogP contribution in [0.4, 0.5) is 0 Å². The van der Waals surface area contributed by atoms with Crippen LogP contribution < -0.4 is 15.8 Å². The molecule has 0 radical (unpaired) electrons. The summed E-state index contributed by atoms with van der Waals surface area (Å²) in [5, 5.41) is 3.37. The van der Waals surface area contributed by atoms with Gasteiger partial charge in [0.05, 0.1) is 7.11 Å². The van der Waals surface area contributed by atoms with Crippen LogP contribution in [0.15, 0.2) is 12.1 Å². The predicted octanol–water partition coefficient (Wildman–Crippen LogP) is 3.12. The molecule has 3 heteroatoms. The molecular formula is C16H28N2O. The quantitative estimate of drug-likeness (QED) is 0.830. The minimum Gasteiger partial charge on any atom is -0.496 e. The Morgan fingerprint density at radius 3 is 2.26 bits per heavy atom. The van der Waals surface area contributed by atoms with E-state index in [9.17, 15) is 0 Å². The number of methoxy groups -OCH3 is 1. The summed E-state index contributed by atoms with van der Waals surface area (Å²) in [7, 11) is 3.73. The number of aryl methyl sites for hydroxylation is 1. The normalized spacial score (nSPS) is 14.5. The number of nitrogens with one attached hydrogen (secondary N) is 1. The number of rotatable bonds is 6. The molecule has 2 atom stereocenters. The molecule has 0 spiro atoms. The van der Waals surface area contributed by atoms with Gasteiger partial charge in [-0.2, -0.15) is 0 Å². The van der Waals surface area contributed by atoms with Gasteiger partial charge >= 0.3 is 0 Å². The largest absolute Gasteiger partial charge is 0.496 e. The fourth-order valence-electron chi connectivity index (χ4n) is 2.49. The van der Waals surface area contributed by atoms with E-state index >= 15 is 0 Å². The van der Waals surface area contributed by atoms with E-state index in [0.29, 0.717) is 12.0 Å². The highest BCUT2D eigenvalue weighted by atomic mass is 16.5. The third kappa shape index (κ3) is 3.95. The Morgan fingerprint density at radius 1 is 1.21 bits per heavy atom. The number of nitrogens with two attached hydrogens (primary N) is 1. The first-order chi connectivity index (χ1) is 8.90. The Morgan fingerprint density at radius 2 is 1.84 bits per heavy atom. The summed E-state index contributed by atoms with van der Waals surface area (Å²) in [6.45, 7) is 8.56. The van der Waals surface area contributed by atoms with E-state index in [4.69, 9.17) is 10.5 Å². The first-order valence-electron chi connectivity index (χ1n) is 7.01. The van der Waals surface area contributed by atoms with Crippen molar-refractivity contribution in [3.8, 4) is 5.75 Å². The molecule has 0 fully saturated rings. The molecule has 19 heavy (non-hydrogen) atoms. The molecular weight excluding hydrogens is 236 g/mol. The zero-order valence-corrected chi connectivity index (χ0v) is 13.1. The Balaban J connectivity index is 3.22. The molecule has 0 heterocycles. The maximum Gasteiger partial charge on any atom is 0.122 e. The van der Waals surface area contributed by atoms with Gasteiger partial charge in [0.25, 0.3) is 0 Å². The molecule has 3 N–H and O–H groups in total. The molecule has 1 aromatic rings. The lowest BCUT2D eigenvalue weighted by atomic mass is 9.91. The average Bonchev–Trinajstić information content (AvgIpc) is 2.35. The minimum absolute atomic E-state index is 0.182. The summed E-state index contributed by atoms with van der Waals surface area (Å²) in [6, 6.07) is 4.88. The first-order valence-corrected chi connectivity index (χ1v) is 7.01. The summed E-state index contributed by atoms with van der Waals surface area (Å²) >= 11 is 0. The van der Waals surface area contributed by atoms with Crippen LogP contribution in [0.2, 0.25) is 0 Å². The summed E-state index contributed by atoms with van der Waals surface area (Å²) in [5.41, 5.74) is 9.78. The van der Waals surface area contributed by atoms with Crippen molar-refractivity contribution in [2.45, 2.75) is 52.1 Å². The monoisotopic (exact) mass is 264 g/mol. The van der Waals surface area contributed by atoms with Gasteiger partial charge in [-0.1, -0.05) is 19.9 Å². The topological polar surface area (TPSA) is 47.3 Å². The fraction of sp³-hybridized carbons (Fsp3) is 0.625. The van der Waals surface area contributed by atoms with Crippen molar-refractivity contribution in [2.75, 3.05) is 14.2 Å². The van der Waals surface area contributed by atoms with E-state index in [1.165, 1.54) is 16.7 Å². The molecule has 0 aliphatic carbocycles. The summed E-state index contributed by atoms with van der Waals surface area (Å²) in [6.07, 6.45) is 0.932. The van der Waals surface area contributed by atoms with Crippen LogP contribution in [-0.2, 0) is 0 Å². The zero-order chi connectivity index (χ0) is 14.6. The van der Waals surface area contributed by atoms with E-state index in [0.717, 1.165) is 12.2 Å². The lowest BCUT2D eigenvalue weighted by Gasteiger charge is -2.23. The van der Waals surface area contributed by atoms with Crippen molar-refractivity contribution in [3.63, 3.8) is 0 Å². The molecule has 0 aliphatic rings. The molecule has 2 unspecified atom stereocenters. The van der Waals surface area contributed by atoms with Crippen molar-refractivity contribution >= 4 is 0 Å². The Kier molecular flexibility index (Phi) is 5.83. The summed E-state index contributed by atoms with van der Waals surface area (Å²) in [4.78, 5) is 0. The van der Waals surface area contributed by atoms with E-state index < -0.39 is 0 Å². The second-order valence-corrected chi connectivity index (χ2v) is 5.66. The number of hydrogen-bond donors (Lipinski definition) is 2. The van der Waals surface area contributed by atoms with Crippen molar-refractivity contribution in [2.24, 2.45) is 5.73 Å². The van der Waals surface area contributed by atoms with E-state index in [1.54, 1.807) is 7.11 Å². The molecule has 1 rings (SSSR count). The van der Waals surface area contributed by atoms with Crippen LogP contribution in [0.5, 0.6) is 5.75 Å². The Hall–Kier alpha value is -1.06. The molecule has 0 bridgehead atoms. The summed E-state index contributed by atoms with van der Waals surface area (Å²) in [5.74, 6) is 1.43. The van der Waals surface area contributed by atoms with Crippen molar-refractivity contribution in [3.05, 3.63) is 28.8 Å². The minimum atomic E-state index is 0.182. The lowest BCUT2D eigenvalue weighted by Crippen LogP contribution is -2.26. The van der Waals surface area contributed by atoms with E-state index in [1.807, 2.05) is 14.0 Å². The molecule has 0 saturated heterocycles. The van der Waals surface area contributed by atoms with Gasteiger partial charge in [0.15, 0.2) is 0 Å². The highest BCUT2D eigenvalue weighted by molar-refractivity contribution is 5.45.